The summed E-state index contributed by atoms with van der Waals surface area (Å²) in [6.45, 7) is 7.09. The van der Waals surface area contributed by atoms with Crippen LogP contribution in [-0.4, -0.2) is 44.3 Å². The minimum atomic E-state index is -4.15. The van der Waals surface area contributed by atoms with Gasteiger partial charge in [-0.2, -0.15) is 0 Å². The van der Waals surface area contributed by atoms with Crippen LogP contribution in [0, 0.1) is 13.8 Å². The number of hydrogen-bond donors (Lipinski definition) is 1. The van der Waals surface area contributed by atoms with Gasteiger partial charge in [-0.1, -0.05) is 63.4 Å². The Morgan fingerprint density at radius 1 is 1.03 bits per heavy atom. The van der Waals surface area contributed by atoms with Crippen LogP contribution in [0.3, 0.4) is 0 Å². The van der Waals surface area contributed by atoms with Gasteiger partial charge in [0.05, 0.1) is 10.6 Å². The summed E-state index contributed by atoms with van der Waals surface area (Å²) in [5.41, 5.74) is 2.72. The number of aryl methyl sites for hydroxylation is 2. The minimum Gasteiger partial charge on any atom is -0.355 e. The molecular formula is C28H31BrClN3O4S. The maximum absolute atomic E-state index is 13.8. The topological polar surface area (TPSA) is 86.8 Å². The highest BCUT2D eigenvalue weighted by Crippen LogP contribution is 2.29. The molecule has 202 valence electrons. The van der Waals surface area contributed by atoms with Gasteiger partial charge in [0, 0.05) is 22.6 Å². The first-order chi connectivity index (χ1) is 17.9. The number of anilines is 1. The number of carbonyl (C=O) groups is 2. The van der Waals surface area contributed by atoms with Crippen molar-refractivity contribution in [3.8, 4) is 0 Å². The molecule has 1 N–H and O–H groups in total. The summed E-state index contributed by atoms with van der Waals surface area (Å²) >= 11 is 9.79. The Balaban J connectivity index is 2.06. The van der Waals surface area contributed by atoms with Gasteiger partial charge in [-0.05, 0) is 75.2 Å². The van der Waals surface area contributed by atoms with E-state index in [1.807, 2.05) is 38.1 Å². The maximum atomic E-state index is 13.8. The zero-order valence-corrected chi connectivity index (χ0v) is 24.9. The molecule has 0 heterocycles. The molecule has 0 aromatic heterocycles. The highest BCUT2D eigenvalue weighted by molar-refractivity contribution is 9.10. The first-order valence-corrected chi connectivity index (χ1v) is 14.7. The van der Waals surface area contributed by atoms with Crippen LogP contribution in [0.5, 0.6) is 0 Å². The molecule has 0 saturated carbocycles. The van der Waals surface area contributed by atoms with Crippen molar-refractivity contribution in [1.82, 2.24) is 10.2 Å². The molecule has 0 unspecified atom stereocenters. The van der Waals surface area contributed by atoms with Gasteiger partial charge in [-0.15, -0.1) is 0 Å². The first kappa shape index (κ1) is 29.7. The molecule has 10 heteroatoms. The molecule has 0 aliphatic heterocycles. The Morgan fingerprint density at radius 2 is 1.71 bits per heavy atom. The van der Waals surface area contributed by atoms with E-state index in [1.165, 1.54) is 23.1 Å². The predicted molar refractivity (Wildman–Crippen MR) is 155 cm³/mol. The number of halogens is 2. The van der Waals surface area contributed by atoms with E-state index in [0.717, 1.165) is 25.5 Å². The standard InChI is InChI=1S/C28H31BrClN3O4S/c1-5-31-28(35)21(4)32(17-22-7-6-8-23(29)15-22)27(34)18-33(24-12-11-20(3)26(30)16-24)38(36,37)25-13-9-19(2)10-14-25/h6-16,21H,5,17-18H2,1-4H3,(H,31,35)/t21-/m0/s1. The van der Waals surface area contributed by atoms with Gasteiger partial charge in [0.2, 0.25) is 11.8 Å². The van der Waals surface area contributed by atoms with E-state index in [0.29, 0.717) is 11.6 Å². The molecule has 0 bridgehead atoms. The Labute approximate surface area is 238 Å². The van der Waals surface area contributed by atoms with Crippen LogP contribution >= 0.6 is 27.5 Å². The Morgan fingerprint density at radius 3 is 2.32 bits per heavy atom. The molecular weight excluding hydrogens is 590 g/mol. The number of carbonyl (C=O) groups excluding carboxylic acids is 2. The van der Waals surface area contributed by atoms with Crippen LogP contribution < -0.4 is 9.62 Å². The largest absolute Gasteiger partial charge is 0.355 e. The van der Waals surface area contributed by atoms with Crippen LogP contribution in [0.2, 0.25) is 5.02 Å². The van der Waals surface area contributed by atoms with E-state index < -0.39 is 28.5 Å². The van der Waals surface area contributed by atoms with Crippen molar-refractivity contribution in [2.45, 2.75) is 45.2 Å². The van der Waals surface area contributed by atoms with Gasteiger partial charge in [-0.3, -0.25) is 13.9 Å². The zero-order valence-electron chi connectivity index (χ0n) is 21.7. The van der Waals surface area contributed by atoms with E-state index in [-0.39, 0.29) is 23.0 Å². The monoisotopic (exact) mass is 619 g/mol. The lowest BCUT2D eigenvalue weighted by Gasteiger charge is -2.32. The molecule has 2 amide bonds. The summed E-state index contributed by atoms with van der Waals surface area (Å²) < 4.78 is 29.5. The molecule has 0 spiro atoms. The van der Waals surface area contributed by atoms with Crippen molar-refractivity contribution in [3.63, 3.8) is 0 Å². The van der Waals surface area contributed by atoms with E-state index in [1.54, 1.807) is 38.1 Å². The number of amides is 2. The highest BCUT2D eigenvalue weighted by Gasteiger charge is 2.32. The third kappa shape index (κ3) is 7.15. The Kier molecular flexibility index (Phi) is 9.98. The average molecular weight is 621 g/mol. The number of rotatable bonds is 10. The highest BCUT2D eigenvalue weighted by atomic mass is 79.9. The molecule has 7 nitrogen and oxygen atoms in total. The minimum absolute atomic E-state index is 0.0444. The van der Waals surface area contributed by atoms with Crippen LogP contribution in [0.4, 0.5) is 5.69 Å². The second-order valence-corrected chi connectivity index (χ2v) is 12.2. The average Bonchev–Trinajstić information content (AvgIpc) is 2.87. The lowest BCUT2D eigenvalue weighted by molar-refractivity contribution is -0.139. The predicted octanol–water partition coefficient (Wildman–Crippen LogP) is 5.47. The van der Waals surface area contributed by atoms with E-state index in [4.69, 9.17) is 11.6 Å². The van der Waals surface area contributed by atoms with Crippen molar-refractivity contribution in [1.29, 1.82) is 0 Å². The first-order valence-electron chi connectivity index (χ1n) is 12.1. The Hall–Kier alpha value is -2.88. The smallest absolute Gasteiger partial charge is 0.264 e. The van der Waals surface area contributed by atoms with Crippen LogP contribution in [0.1, 0.15) is 30.5 Å². The molecule has 3 aromatic rings. The third-order valence-electron chi connectivity index (χ3n) is 6.09. The third-order valence-corrected chi connectivity index (χ3v) is 8.78. The molecule has 3 aromatic carbocycles. The maximum Gasteiger partial charge on any atom is 0.264 e. The summed E-state index contributed by atoms with van der Waals surface area (Å²) in [4.78, 5) is 28.0. The summed E-state index contributed by atoms with van der Waals surface area (Å²) in [7, 11) is -4.15. The van der Waals surface area contributed by atoms with Gasteiger partial charge in [0.1, 0.15) is 12.6 Å². The van der Waals surface area contributed by atoms with Crippen molar-refractivity contribution < 1.29 is 18.0 Å². The summed E-state index contributed by atoms with van der Waals surface area (Å²) in [6.07, 6.45) is 0. The van der Waals surface area contributed by atoms with Crippen molar-refractivity contribution in [3.05, 3.63) is 92.9 Å². The fourth-order valence-corrected chi connectivity index (χ4v) is 5.87. The van der Waals surface area contributed by atoms with Gasteiger partial charge in [0.15, 0.2) is 0 Å². The van der Waals surface area contributed by atoms with Crippen molar-refractivity contribution in [2.24, 2.45) is 0 Å². The summed E-state index contributed by atoms with van der Waals surface area (Å²) in [5.74, 6) is -0.863. The molecule has 0 fully saturated rings. The normalized spacial score (nSPS) is 12.1. The van der Waals surface area contributed by atoms with Crippen molar-refractivity contribution in [2.75, 3.05) is 17.4 Å². The molecule has 3 rings (SSSR count). The summed E-state index contributed by atoms with van der Waals surface area (Å²) in [5, 5.41) is 3.12. The molecule has 0 aliphatic carbocycles. The molecule has 0 radical (unpaired) electrons. The molecule has 0 aliphatic rings. The van der Waals surface area contributed by atoms with Gasteiger partial charge < -0.3 is 10.2 Å². The quantitative estimate of drug-likeness (QED) is 0.326. The van der Waals surface area contributed by atoms with Gasteiger partial charge in [0.25, 0.3) is 10.0 Å². The fourth-order valence-electron chi connectivity index (χ4n) is 3.84. The molecule has 1 atom stereocenters. The van der Waals surface area contributed by atoms with E-state index in [9.17, 15) is 18.0 Å². The lowest BCUT2D eigenvalue weighted by atomic mass is 10.1. The van der Waals surface area contributed by atoms with Crippen LogP contribution in [-0.2, 0) is 26.2 Å². The number of benzene rings is 3. The molecule has 0 saturated heterocycles. The van der Waals surface area contributed by atoms with E-state index >= 15 is 0 Å². The second kappa shape index (κ2) is 12.8. The SMILES string of the molecule is CCNC(=O)[C@H](C)N(Cc1cccc(Br)c1)C(=O)CN(c1ccc(C)c(Cl)c1)S(=O)(=O)c1ccc(C)cc1. The van der Waals surface area contributed by atoms with Gasteiger partial charge in [-0.25, -0.2) is 8.42 Å². The number of sulfonamides is 1. The lowest BCUT2D eigenvalue weighted by Crippen LogP contribution is -2.51. The zero-order chi connectivity index (χ0) is 28.0. The summed E-state index contributed by atoms with van der Waals surface area (Å²) in [6, 6.07) is 17.8. The Bertz CT molecular complexity index is 1410. The van der Waals surface area contributed by atoms with E-state index in [2.05, 4.69) is 21.2 Å². The van der Waals surface area contributed by atoms with Crippen LogP contribution in [0.15, 0.2) is 76.1 Å². The number of nitrogens with zero attached hydrogens (tertiary/aromatic N) is 2. The number of likely N-dealkylation sites (N-methyl/N-ethyl adjacent to an activating group) is 1. The fraction of sp³-hybridized carbons (Fsp3) is 0.286. The number of hydrogen-bond acceptors (Lipinski definition) is 4. The second-order valence-electron chi connectivity index (χ2n) is 8.98. The van der Waals surface area contributed by atoms with Crippen molar-refractivity contribution >= 4 is 55.1 Å². The van der Waals surface area contributed by atoms with Crippen LogP contribution in [0.25, 0.3) is 0 Å². The number of nitrogens with one attached hydrogen (secondary N) is 1. The molecule has 38 heavy (non-hydrogen) atoms. The van der Waals surface area contributed by atoms with Gasteiger partial charge >= 0.3 is 0 Å².